The largest absolute Gasteiger partial charge is 0.342 e. The van der Waals surface area contributed by atoms with Crippen LogP contribution >= 0.6 is 23.2 Å². The van der Waals surface area contributed by atoms with Gasteiger partial charge in [0.05, 0.1) is 11.6 Å². The van der Waals surface area contributed by atoms with Crippen LogP contribution in [0.5, 0.6) is 0 Å². The van der Waals surface area contributed by atoms with Crippen LogP contribution in [0.4, 0.5) is 0 Å². The maximum absolute atomic E-state index is 6.06. The standard InChI is InChI=1S/C13H16Cl2O2/c1-3-16-13(11(2)15,17-10-9-14)12-7-5-4-6-8-12/h4-8H,2-3,9-10H2,1H3. The van der Waals surface area contributed by atoms with Crippen LogP contribution in [0, 0.1) is 0 Å². The molecule has 0 amide bonds. The number of ether oxygens (including phenoxy) is 2. The van der Waals surface area contributed by atoms with Crippen LogP contribution in [0.2, 0.25) is 0 Å². The van der Waals surface area contributed by atoms with Crippen molar-refractivity contribution in [1.29, 1.82) is 0 Å². The predicted molar refractivity (Wildman–Crippen MR) is 71.4 cm³/mol. The molecule has 4 heteroatoms. The minimum absolute atomic E-state index is 0.288. The van der Waals surface area contributed by atoms with Gasteiger partial charge in [-0.3, -0.25) is 0 Å². The Morgan fingerprint density at radius 3 is 2.41 bits per heavy atom. The first-order valence-corrected chi connectivity index (χ1v) is 6.33. The van der Waals surface area contributed by atoms with Gasteiger partial charge in [-0.1, -0.05) is 48.5 Å². The Morgan fingerprint density at radius 2 is 1.94 bits per heavy atom. The number of hydrogen-bond acceptors (Lipinski definition) is 2. The summed E-state index contributed by atoms with van der Waals surface area (Å²) in [5.41, 5.74) is 0.812. The summed E-state index contributed by atoms with van der Waals surface area (Å²) < 4.78 is 11.3. The van der Waals surface area contributed by atoms with Gasteiger partial charge in [0.2, 0.25) is 5.79 Å². The second-order valence-corrected chi connectivity index (χ2v) is 4.19. The maximum atomic E-state index is 6.06. The van der Waals surface area contributed by atoms with Crippen molar-refractivity contribution in [2.24, 2.45) is 0 Å². The minimum Gasteiger partial charge on any atom is -0.342 e. The molecule has 0 aromatic heterocycles. The van der Waals surface area contributed by atoms with E-state index in [1.54, 1.807) is 0 Å². The number of rotatable bonds is 7. The summed E-state index contributed by atoms with van der Waals surface area (Å²) in [6.45, 7) is 6.42. The first-order valence-electron chi connectivity index (χ1n) is 5.41. The number of hydrogen-bond donors (Lipinski definition) is 0. The highest BCUT2D eigenvalue weighted by atomic mass is 35.5. The van der Waals surface area contributed by atoms with E-state index in [0.29, 0.717) is 19.1 Å². The molecule has 2 nitrogen and oxygen atoms in total. The summed E-state index contributed by atoms with van der Waals surface area (Å²) in [4.78, 5) is 0. The second-order valence-electron chi connectivity index (χ2n) is 3.36. The molecule has 0 aliphatic heterocycles. The molecule has 1 rings (SSSR count). The molecule has 1 aromatic carbocycles. The Hall–Kier alpha value is -0.540. The van der Waals surface area contributed by atoms with Crippen LogP contribution in [0.1, 0.15) is 12.5 Å². The van der Waals surface area contributed by atoms with Crippen molar-refractivity contribution >= 4 is 23.2 Å². The van der Waals surface area contributed by atoms with Crippen molar-refractivity contribution in [2.75, 3.05) is 19.1 Å². The van der Waals surface area contributed by atoms with Gasteiger partial charge in [-0.2, -0.15) is 0 Å². The molecule has 0 bridgehead atoms. The van der Waals surface area contributed by atoms with E-state index in [2.05, 4.69) is 6.58 Å². The van der Waals surface area contributed by atoms with Crippen LogP contribution in [0.25, 0.3) is 0 Å². The van der Waals surface area contributed by atoms with Crippen molar-refractivity contribution in [2.45, 2.75) is 12.7 Å². The van der Waals surface area contributed by atoms with Gasteiger partial charge in [0.15, 0.2) is 0 Å². The van der Waals surface area contributed by atoms with Gasteiger partial charge in [0.1, 0.15) is 0 Å². The zero-order valence-corrected chi connectivity index (χ0v) is 11.3. The van der Waals surface area contributed by atoms with Crippen molar-refractivity contribution < 1.29 is 9.47 Å². The highest BCUT2D eigenvalue weighted by molar-refractivity contribution is 6.30. The molecule has 0 spiro atoms. The molecule has 0 fully saturated rings. The van der Waals surface area contributed by atoms with E-state index < -0.39 is 5.79 Å². The fraction of sp³-hybridized carbons (Fsp3) is 0.385. The zero-order chi connectivity index (χ0) is 12.7. The highest BCUT2D eigenvalue weighted by Crippen LogP contribution is 2.36. The maximum Gasteiger partial charge on any atom is 0.232 e. The van der Waals surface area contributed by atoms with Gasteiger partial charge in [0, 0.05) is 18.1 Å². The lowest BCUT2D eigenvalue weighted by atomic mass is 10.1. The molecular formula is C13H16Cl2O2. The molecule has 1 atom stereocenters. The predicted octanol–water partition coefficient (Wildman–Crippen LogP) is 3.88. The lowest BCUT2D eigenvalue weighted by molar-refractivity contribution is -0.210. The van der Waals surface area contributed by atoms with Gasteiger partial charge in [-0.05, 0) is 6.92 Å². The summed E-state index contributed by atoms with van der Waals surface area (Å²) in [5.74, 6) is -0.752. The van der Waals surface area contributed by atoms with Crippen LogP contribution < -0.4 is 0 Å². The quantitative estimate of drug-likeness (QED) is 0.555. The molecule has 94 valence electrons. The monoisotopic (exact) mass is 274 g/mol. The van der Waals surface area contributed by atoms with E-state index in [0.717, 1.165) is 5.56 Å². The SMILES string of the molecule is C=C(Cl)C(OCC)(OCCCl)c1ccccc1. The van der Waals surface area contributed by atoms with Crippen LogP contribution in [0.3, 0.4) is 0 Å². The number of benzene rings is 1. The van der Waals surface area contributed by atoms with E-state index in [4.69, 9.17) is 32.7 Å². The average molecular weight is 275 g/mol. The molecule has 0 N–H and O–H groups in total. The summed E-state index contributed by atoms with van der Waals surface area (Å²) >= 11 is 11.7. The average Bonchev–Trinajstić information content (AvgIpc) is 2.35. The van der Waals surface area contributed by atoms with E-state index in [1.165, 1.54) is 0 Å². The number of alkyl halides is 1. The second kappa shape index (κ2) is 7.02. The Labute approximate surface area is 112 Å². The molecule has 0 heterocycles. The normalized spacial score (nSPS) is 14.3. The van der Waals surface area contributed by atoms with Crippen molar-refractivity contribution in [3.63, 3.8) is 0 Å². The van der Waals surface area contributed by atoms with Crippen LogP contribution in [-0.2, 0) is 15.3 Å². The highest BCUT2D eigenvalue weighted by Gasteiger charge is 2.36. The van der Waals surface area contributed by atoms with E-state index >= 15 is 0 Å². The van der Waals surface area contributed by atoms with Gasteiger partial charge in [-0.25, -0.2) is 0 Å². The Balaban J connectivity index is 3.10. The third-order valence-electron chi connectivity index (χ3n) is 2.24. The molecular weight excluding hydrogens is 259 g/mol. The first-order chi connectivity index (χ1) is 8.17. The molecule has 0 aliphatic carbocycles. The van der Waals surface area contributed by atoms with E-state index in [1.807, 2.05) is 37.3 Å². The van der Waals surface area contributed by atoms with E-state index in [9.17, 15) is 0 Å². The fourth-order valence-electron chi connectivity index (χ4n) is 1.56. The van der Waals surface area contributed by atoms with Crippen molar-refractivity contribution in [1.82, 2.24) is 0 Å². The van der Waals surface area contributed by atoms with Crippen molar-refractivity contribution in [3.8, 4) is 0 Å². The Bertz CT molecular complexity index is 354. The minimum atomic E-state index is -1.12. The van der Waals surface area contributed by atoms with E-state index in [-0.39, 0.29) is 5.03 Å². The lowest BCUT2D eigenvalue weighted by Crippen LogP contribution is -2.34. The topological polar surface area (TPSA) is 18.5 Å². The smallest absolute Gasteiger partial charge is 0.232 e. The fourth-order valence-corrected chi connectivity index (χ4v) is 1.86. The third kappa shape index (κ3) is 3.46. The van der Waals surface area contributed by atoms with Crippen molar-refractivity contribution in [3.05, 3.63) is 47.5 Å². The summed E-state index contributed by atoms with van der Waals surface area (Å²) in [5, 5.41) is 0.288. The zero-order valence-electron chi connectivity index (χ0n) is 9.79. The molecule has 1 aromatic rings. The van der Waals surface area contributed by atoms with Gasteiger partial charge in [0.25, 0.3) is 0 Å². The molecule has 0 aliphatic rings. The molecule has 17 heavy (non-hydrogen) atoms. The first kappa shape index (κ1) is 14.5. The third-order valence-corrected chi connectivity index (χ3v) is 2.64. The van der Waals surface area contributed by atoms with Crippen LogP contribution in [0.15, 0.2) is 41.9 Å². The van der Waals surface area contributed by atoms with Gasteiger partial charge >= 0.3 is 0 Å². The summed E-state index contributed by atoms with van der Waals surface area (Å²) in [7, 11) is 0. The van der Waals surface area contributed by atoms with Gasteiger partial charge in [-0.15, -0.1) is 11.6 Å². The molecule has 0 saturated carbocycles. The summed E-state index contributed by atoms with van der Waals surface area (Å²) in [6.07, 6.45) is 0. The molecule has 0 saturated heterocycles. The molecule has 1 unspecified atom stereocenters. The number of halogens is 2. The Kier molecular flexibility index (Phi) is 6.00. The van der Waals surface area contributed by atoms with Crippen LogP contribution in [-0.4, -0.2) is 19.1 Å². The molecule has 0 radical (unpaired) electrons. The van der Waals surface area contributed by atoms with Gasteiger partial charge < -0.3 is 9.47 Å². The summed E-state index contributed by atoms with van der Waals surface area (Å²) in [6, 6.07) is 9.48. The Morgan fingerprint density at radius 1 is 1.29 bits per heavy atom. The lowest BCUT2D eigenvalue weighted by Gasteiger charge is -2.33.